The van der Waals surface area contributed by atoms with Crippen molar-refractivity contribution in [3.63, 3.8) is 0 Å². The van der Waals surface area contributed by atoms with E-state index in [2.05, 4.69) is 27.9 Å². The van der Waals surface area contributed by atoms with Crippen LogP contribution in [0.1, 0.15) is 35.8 Å². The first kappa shape index (κ1) is 15.9. The van der Waals surface area contributed by atoms with Crippen LogP contribution in [-0.2, 0) is 0 Å². The summed E-state index contributed by atoms with van der Waals surface area (Å²) in [7, 11) is 0. The molecule has 0 saturated heterocycles. The lowest BCUT2D eigenvalue weighted by atomic mass is 9.95. The number of carbonyl (C=O) groups is 1. The van der Waals surface area contributed by atoms with E-state index in [-0.39, 0.29) is 23.7 Å². The maximum absolute atomic E-state index is 13.0. The Balaban J connectivity index is 2.23. The molecular formula is C17H17FINO. The van der Waals surface area contributed by atoms with Crippen molar-refractivity contribution >= 4 is 28.5 Å². The van der Waals surface area contributed by atoms with Gasteiger partial charge in [-0.3, -0.25) is 4.79 Å². The normalized spacial score (nSPS) is 12.2. The second-order valence-electron chi connectivity index (χ2n) is 5.23. The average molecular weight is 397 g/mol. The largest absolute Gasteiger partial charge is 0.345 e. The first-order valence-electron chi connectivity index (χ1n) is 6.80. The van der Waals surface area contributed by atoms with E-state index in [1.54, 1.807) is 18.2 Å². The molecule has 0 unspecified atom stereocenters. The quantitative estimate of drug-likeness (QED) is 0.754. The van der Waals surface area contributed by atoms with E-state index in [4.69, 9.17) is 0 Å². The van der Waals surface area contributed by atoms with Gasteiger partial charge in [-0.25, -0.2) is 4.39 Å². The number of hydrogen-bond acceptors (Lipinski definition) is 1. The fourth-order valence-electron chi connectivity index (χ4n) is 2.17. The third-order valence-corrected chi connectivity index (χ3v) is 4.24. The second-order valence-corrected chi connectivity index (χ2v) is 6.39. The topological polar surface area (TPSA) is 29.1 Å². The van der Waals surface area contributed by atoms with Crippen LogP contribution < -0.4 is 5.32 Å². The fraction of sp³-hybridized carbons (Fsp3) is 0.235. The summed E-state index contributed by atoms with van der Waals surface area (Å²) in [6.45, 7) is 4.06. The van der Waals surface area contributed by atoms with Crippen LogP contribution >= 0.6 is 22.6 Å². The van der Waals surface area contributed by atoms with Crippen LogP contribution in [0, 0.1) is 15.3 Å². The van der Waals surface area contributed by atoms with Gasteiger partial charge in [0.05, 0.1) is 11.6 Å². The van der Waals surface area contributed by atoms with Gasteiger partial charge in [0, 0.05) is 3.57 Å². The molecule has 2 aromatic carbocycles. The van der Waals surface area contributed by atoms with Crippen molar-refractivity contribution in [3.8, 4) is 0 Å². The molecule has 4 heteroatoms. The number of halogens is 2. The zero-order valence-corrected chi connectivity index (χ0v) is 14.1. The molecule has 0 saturated carbocycles. The molecule has 1 N–H and O–H groups in total. The Morgan fingerprint density at radius 3 is 2.29 bits per heavy atom. The van der Waals surface area contributed by atoms with E-state index in [0.29, 0.717) is 5.56 Å². The number of carbonyl (C=O) groups excluding carboxylic acids is 1. The molecule has 0 aliphatic heterocycles. The van der Waals surface area contributed by atoms with E-state index >= 15 is 0 Å². The minimum Gasteiger partial charge on any atom is -0.345 e. The Morgan fingerprint density at radius 1 is 1.10 bits per heavy atom. The zero-order valence-electron chi connectivity index (χ0n) is 11.9. The van der Waals surface area contributed by atoms with Gasteiger partial charge in [-0.2, -0.15) is 0 Å². The fourth-order valence-corrected chi connectivity index (χ4v) is 2.80. The van der Waals surface area contributed by atoms with Gasteiger partial charge in [0.15, 0.2) is 0 Å². The highest BCUT2D eigenvalue weighted by atomic mass is 127. The van der Waals surface area contributed by atoms with Crippen LogP contribution in [0.15, 0.2) is 48.5 Å². The lowest BCUT2D eigenvalue weighted by Crippen LogP contribution is -2.32. The van der Waals surface area contributed by atoms with Crippen molar-refractivity contribution in [1.82, 2.24) is 5.32 Å². The van der Waals surface area contributed by atoms with Gasteiger partial charge in [0.25, 0.3) is 5.91 Å². The molecule has 0 bridgehead atoms. The van der Waals surface area contributed by atoms with Gasteiger partial charge in [-0.15, -0.1) is 0 Å². The highest BCUT2D eigenvalue weighted by Crippen LogP contribution is 2.23. The first-order valence-corrected chi connectivity index (χ1v) is 7.87. The minimum absolute atomic E-state index is 0.108. The molecule has 0 fully saturated rings. The molecule has 1 amide bonds. The molecule has 0 aliphatic carbocycles. The van der Waals surface area contributed by atoms with Crippen LogP contribution in [0.5, 0.6) is 0 Å². The lowest BCUT2D eigenvalue weighted by Gasteiger charge is -2.23. The van der Waals surface area contributed by atoms with Crippen LogP contribution in [0.2, 0.25) is 0 Å². The Morgan fingerprint density at radius 2 is 1.71 bits per heavy atom. The molecular weight excluding hydrogens is 380 g/mol. The predicted octanol–water partition coefficient (Wildman–Crippen LogP) is 4.56. The third kappa shape index (κ3) is 4.03. The van der Waals surface area contributed by atoms with Gasteiger partial charge in [0.1, 0.15) is 5.82 Å². The van der Waals surface area contributed by atoms with Gasteiger partial charge in [-0.1, -0.05) is 38.1 Å². The summed E-state index contributed by atoms with van der Waals surface area (Å²) in [6, 6.07) is 13.6. The van der Waals surface area contributed by atoms with E-state index in [0.717, 1.165) is 9.13 Å². The molecule has 2 aromatic rings. The molecule has 2 nitrogen and oxygen atoms in total. The summed E-state index contributed by atoms with van der Waals surface area (Å²) in [6.07, 6.45) is 0. The highest BCUT2D eigenvalue weighted by Gasteiger charge is 2.20. The Labute approximate surface area is 137 Å². The highest BCUT2D eigenvalue weighted by molar-refractivity contribution is 14.1. The Hall–Kier alpha value is -1.43. The zero-order chi connectivity index (χ0) is 15.4. The molecule has 110 valence electrons. The monoisotopic (exact) mass is 397 g/mol. The van der Waals surface area contributed by atoms with Crippen LogP contribution in [0.4, 0.5) is 4.39 Å². The number of nitrogens with one attached hydrogen (secondary N) is 1. The van der Waals surface area contributed by atoms with E-state index in [1.807, 2.05) is 32.0 Å². The van der Waals surface area contributed by atoms with Crippen molar-refractivity contribution in [3.05, 3.63) is 69.0 Å². The molecule has 21 heavy (non-hydrogen) atoms. The molecule has 0 radical (unpaired) electrons. The smallest absolute Gasteiger partial charge is 0.252 e. The SMILES string of the molecule is CC(C)[C@@H](NC(=O)c1ccccc1I)c1ccc(F)cc1. The number of rotatable bonds is 4. The van der Waals surface area contributed by atoms with Crippen molar-refractivity contribution in [2.75, 3.05) is 0 Å². The standard InChI is InChI=1S/C17H17FINO/c1-11(2)16(12-7-9-13(18)10-8-12)20-17(21)14-5-3-4-6-15(14)19/h3-11,16H,1-2H3,(H,20,21)/t16-/m1/s1. The molecule has 0 heterocycles. The summed E-state index contributed by atoms with van der Waals surface area (Å²) >= 11 is 2.15. The van der Waals surface area contributed by atoms with Crippen molar-refractivity contribution < 1.29 is 9.18 Å². The van der Waals surface area contributed by atoms with Crippen LogP contribution in [0.3, 0.4) is 0 Å². The number of hydrogen-bond donors (Lipinski definition) is 1. The van der Waals surface area contributed by atoms with E-state index < -0.39 is 0 Å². The maximum atomic E-state index is 13.0. The van der Waals surface area contributed by atoms with Crippen LogP contribution in [-0.4, -0.2) is 5.91 Å². The minimum atomic E-state index is -0.273. The number of amides is 1. The molecule has 2 rings (SSSR count). The predicted molar refractivity (Wildman–Crippen MR) is 90.6 cm³/mol. The van der Waals surface area contributed by atoms with Gasteiger partial charge in [0.2, 0.25) is 0 Å². The van der Waals surface area contributed by atoms with Gasteiger partial charge < -0.3 is 5.32 Å². The van der Waals surface area contributed by atoms with Crippen LogP contribution in [0.25, 0.3) is 0 Å². The van der Waals surface area contributed by atoms with Crippen molar-refractivity contribution in [2.24, 2.45) is 5.92 Å². The summed E-state index contributed by atoms with van der Waals surface area (Å²) in [5, 5.41) is 3.04. The molecule has 0 spiro atoms. The van der Waals surface area contributed by atoms with Gasteiger partial charge >= 0.3 is 0 Å². The first-order chi connectivity index (χ1) is 9.99. The van der Waals surface area contributed by atoms with Crippen molar-refractivity contribution in [2.45, 2.75) is 19.9 Å². The van der Waals surface area contributed by atoms with Crippen molar-refractivity contribution in [1.29, 1.82) is 0 Å². The Bertz CT molecular complexity index is 625. The van der Waals surface area contributed by atoms with Gasteiger partial charge in [-0.05, 0) is 58.3 Å². The second kappa shape index (κ2) is 7.02. The molecule has 1 atom stereocenters. The summed E-state index contributed by atoms with van der Waals surface area (Å²) in [5.74, 6) is -0.172. The average Bonchev–Trinajstić information content (AvgIpc) is 2.46. The summed E-state index contributed by atoms with van der Waals surface area (Å²) in [5.41, 5.74) is 1.57. The summed E-state index contributed by atoms with van der Waals surface area (Å²) in [4.78, 5) is 12.4. The number of benzene rings is 2. The molecule has 0 aliphatic rings. The van der Waals surface area contributed by atoms with E-state index in [1.165, 1.54) is 12.1 Å². The third-order valence-electron chi connectivity index (χ3n) is 3.30. The maximum Gasteiger partial charge on any atom is 0.252 e. The van der Waals surface area contributed by atoms with E-state index in [9.17, 15) is 9.18 Å². The summed E-state index contributed by atoms with van der Waals surface area (Å²) < 4.78 is 14.0. The lowest BCUT2D eigenvalue weighted by molar-refractivity contribution is 0.0924. The molecule has 0 aromatic heterocycles. The Kier molecular flexibility index (Phi) is 5.33.